The number of aromatic nitrogens is 3. The molecule has 0 saturated heterocycles. The van der Waals surface area contributed by atoms with Crippen molar-refractivity contribution < 1.29 is 9.90 Å². The fourth-order valence-electron chi connectivity index (χ4n) is 2.79. The fraction of sp³-hybridized carbons (Fsp3) is 0.0588. The zero-order valence-electron chi connectivity index (χ0n) is 11.7. The SMILES string of the molecule is O=C(O)c1cn(Cc2cn3ccccc3n2)c2ccccc12. The smallest absolute Gasteiger partial charge is 0.337 e. The number of nitrogens with zero attached hydrogens (tertiary/aromatic N) is 3. The lowest BCUT2D eigenvalue weighted by molar-refractivity contribution is 0.0699. The number of para-hydroxylation sites is 1. The molecule has 4 aromatic rings. The molecule has 5 heteroatoms. The van der Waals surface area contributed by atoms with E-state index in [1.54, 1.807) is 6.20 Å². The van der Waals surface area contributed by atoms with Gasteiger partial charge in [0.05, 0.1) is 17.8 Å². The molecule has 0 aliphatic carbocycles. The van der Waals surface area contributed by atoms with E-state index in [1.807, 2.05) is 63.8 Å². The second-order valence-corrected chi connectivity index (χ2v) is 5.19. The first-order chi connectivity index (χ1) is 10.7. The van der Waals surface area contributed by atoms with Crippen molar-refractivity contribution >= 4 is 22.5 Å². The second-order valence-electron chi connectivity index (χ2n) is 5.19. The molecule has 0 aliphatic rings. The molecule has 5 nitrogen and oxygen atoms in total. The van der Waals surface area contributed by atoms with Crippen LogP contribution in [0.4, 0.5) is 0 Å². The first-order valence-electron chi connectivity index (χ1n) is 6.96. The van der Waals surface area contributed by atoms with Gasteiger partial charge in [-0.15, -0.1) is 0 Å². The lowest BCUT2D eigenvalue weighted by atomic mass is 10.2. The first kappa shape index (κ1) is 12.6. The van der Waals surface area contributed by atoms with Crippen LogP contribution >= 0.6 is 0 Å². The molecule has 0 bridgehead atoms. The summed E-state index contributed by atoms with van der Waals surface area (Å²) in [6, 6.07) is 13.4. The van der Waals surface area contributed by atoms with Gasteiger partial charge in [-0.3, -0.25) is 0 Å². The first-order valence-corrected chi connectivity index (χ1v) is 6.96. The van der Waals surface area contributed by atoms with E-state index >= 15 is 0 Å². The van der Waals surface area contributed by atoms with E-state index in [0.29, 0.717) is 12.1 Å². The van der Waals surface area contributed by atoms with Crippen molar-refractivity contribution in [2.45, 2.75) is 6.54 Å². The summed E-state index contributed by atoms with van der Waals surface area (Å²) in [4.78, 5) is 16.0. The second kappa shape index (κ2) is 4.73. The van der Waals surface area contributed by atoms with Crippen LogP contribution in [-0.4, -0.2) is 25.0 Å². The number of aromatic carboxylic acids is 1. The summed E-state index contributed by atoms with van der Waals surface area (Å²) in [5.74, 6) is -0.912. The van der Waals surface area contributed by atoms with Crippen LogP contribution in [0.2, 0.25) is 0 Å². The Kier molecular flexibility index (Phi) is 2.72. The van der Waals surface area contributed by atoms with E-state index in [4.69, 9.17) is 0 Å². The number of hydrogen-bond donors (Lipinski definition) is 1. The van der Waals surface area contributed by atoms with Crippen LogP contribution in [-0.2, 0) is 6.54 Å². The van der Waals surface area contributed by atoms with Gasteiger partial charge < -0.3 is 14.1 Å². The van der Waals surface area contributed by atoms with E-state index < -0.39 is 5.97 Å². The molecule has 0 amide bonds. The predicted molar refractivity (Wildman–Crippen MR) is 83.2 cm³/mol. The molecule has 0 spiro atoms. The van der Waals surface area contributed by atoms with Crippen molar-refractivity contribution in [1.82, 2.24) is 14.0 Å². The molecule has 0 saturated carbocycles. The summed E-state index contributed by atoms with van der Waals surface area (Å²) in [7, 11) is 0. The quantitative estimate of drug-likeness (QED) is 0.631. The molecule has 22 heavy (non-hydrogen) atoms. The van der Waals surface area contributed by atoms with Gasteiger partial charge in [0, 0.05) is 29.5 Å². The fourth-order valence-corrected chi connectivity index (χ4v) is 2.79. The highest BCUT2D eigenvalue weighted by Crippen LogP contribution is 2.22. The van der Waals surface area contributed by atoms with Crippen molar-refractivity contribution in [3.8, 4) is 0 Å². The number of imidazole rings is 1. The number of hydrogen-bond acceptors (Lipinski definition) is 2. The third-order valence-electron chi connectivity index (χ3n) is 3.77. The monoisotopic (exact) mass is 291 g/mol. The maximum atomic E-state index is 11.4. The van der Waals surface area contributed by atoms with E-state index in [-0.39, 0.29) is 0 Å². The minimum Gasteiger partial charge on any atom is -0.478 e. The molecule has 1 N–H and O–H groups in total. The van der Waals surface area contributed by atoms with Crippen LogP contribution in [0, 0.1) is 0 Å². The standard InChI is InChI=1S/C17H13N3O2/c21-17(22)14-11-20(15-6-2-1-5-13(14)15)10-12-9-19-8-4-3-7-16(19)18-12/h1-9,11H,10H2,(H,21,22). The Morgan fingerprint density at radius 1 is 1.09 bits per heavy atom. The molecule has 3 aromatic heterocycles. The summed E-state index contributed by atoms with van der Waals surface area (Å²) >= 11 is 0. The number of carbonyl (C=O) groups is 1. The van der Waals surface area contributed by atoms with Crippen molar-refractivity contribution in [2.75, 3.05) is 0 Å². The van der Waals surface area contributed by atoms with Gasteiger partial charge >= 0.3 is 5.97 Å². The Morgan fingerprint density at radius 2 is 1.91 bits per heavy atom. The van der Waals surface area contributed by atoms with Crippen molar-refractivity contribution in [3.05, 3.63) is 72.3 Å². The molecular formula is C17H13N3O2. The lowest BCUT2D eigenvalue weighted by Gasteiger charge is -2.01. The minimum atomic E-state index is -0.912. The number of carboxylic acid groups (broad SMARTS) is 1. The highest BCUT2D eigenvalue weighted by atomic mass is 16.4. The highest BCUT2D eigenvalue weighted by Gasteiger charge is 2.14. The Labute approximate surface area is 126 Å². The maximum Gasteiger partial charge on any atom is 0.337 e. The van der Waals surface area contributed by atoms with Gasteiger partial charge in [-0.1, -0.05) is 24.3 Å². The van der Waals surface area contributed by atoms with Crippen LogP contribution in [0.15, 0.2) is 61.1 Å². The number of rotatable bonds is 3. The maximum absolute atomic E-state index is 11.4. The Bertz CT molecular complexity index is 964. The van der Waals surface area contributed by atoms with Crippen LogP contribution < -0.4 is 0 Å². The van der Waals surface area contributed by atoms with Gasteiger partial charge in [0.1, 0.15) is 5.65 Å². The molecule has 0 radical (unpaired) electrons. The van der Waals surface area contributed by atoms with Gasteiger partial charge in [0.15, 0.2) is 0 Å². The van der Waals surface area contributed by atoms with E-state index in [1.165, 1.54) is 0 Å². The Morgan fingerprint density at radius 3 is 2.73 bits per heavy atom. The van der Waals surface area contributed by atoms with Crippen LogP contribution in [0.25, 0.3) is 16.6 Å². The molecule has 0 aliphatic heterocycles. The third kappa shape index (κ3) is 1.95. The molecule has 1 aromatic carbocycles. The molecule has 0 unspecified atom stereocenters. The van der Waals surface area contributed by atoms with Gasteiger partial charge in [-0.05, 0) is 18.2 Å². The number of carboxylic acids is 1. The molecular weight excluding hydrogens is 278 g/mol. The largest absolute Gasteiger partial charge is 0.478 e. The number of fused-ring (bicyclic) bond motifs is 2. The highest BCUT2D eigenvalue weighted by molar-refractivity contribution is 6.03. The normalized spacial score (nSPS) is 11.3. The van der Waals surface area contributed by atoms with Crippen molar-refractivity contribution in [3.63, 3.8) is 0 Å². The summed E-state index contributed by atoms with van der Waals surface area (Å²) < 4.78 is 3.89. The lowest BCUT2D eigenvalue weighted by Crippen LogP contribution is -1.99. The summed E-state index contributed by atoms with van der Waals surface area (Å²) in [6.07, 6.45) is 5.59. The van der Waals surface area contributed by atoms with Crippen molar-refractivity contribution in [1.29, 1.82) is 0 Å². The molecule has 108 valence electrons. The van der Waals surface area contributed by atoms with Gasteiger partial charge in [0.2, 0.25) is 0 Å². The Balaban J connectivity index is 1.82. The summed E-state index contributed by atoms with van der Waals surface area (Å²) in [6.45, 7) is 0.537. The summed E-state index contributed by atoms with van der Waals surface area (Å²) in [5, 5.41) is 10.1. The molecule has 4 rings (SSSR count). The van der Waals surface area contributed by atoms with Gasteiger partial charge in [0.25, 0.3) is 0 Å². The van der Waals surface area contributed by atoms with Gasteiger partial charge in [-0.2, -0.15) is 0 Å². The summed E-state index contributed by atoms with van der Waals surface area (Å²) in [5.41, 5.74) is 2.99. The van der Waals surface area contributed by atoms with Crippen LogP contribution in [0.1, 0.15) is 16.1 Å². The predicted octanol–water partition coefficient (Wildman–Crippen LogP) is 3.04. The van der Waals surface area contributed by atoms with E-state index in [9.17, 15) is 9.90 Å². The molecule has 3 heterocycles. The Hall–Kier alpha value is -3.08. The number of benzene rings is 1. The van der Waals surface area contributed by atoms with Crippen LogP contribution in [0.5, 0.6) is 0 Å². The minimum absolute atomic E-state index is 0.319. The van der Waals surface area contributed by atoms with Crippen molar-refractivity contribution in [2.24, 2.45) is 0 Å². The average molecular weight is 291 g/mol. The topological polar surface area (TPSA) is 59.5 Å². The van der Waals surface area contributed by atoms with E-state index in [0.717, 1.165) is 22.2 Å². The third-order valence-corrected chi connectivity index (χ3v) is 3.77. The van der Waals surface area contributed by atoms with Crippen LogP contribution in [0.3, 0.4) is 0 Å². The van der Waals surface area contributed by atoms with Gasteiger partial charge in [-0.25, -0.2) is 9.78 Å². The molecule has 0 atom stereocenters. The zero-order valence-corrected chi connectivity index (χ0v) is 11.7. The number of pyridine rings is 1. The average Bonchev–Trinajstić information content (AvgIpc) is 3.09. The van der Waals surface area contributed by atoms with E-state index in [2.05, 4.69) is 4.98 Å². The molecule has 0 fully saturated rings. The zero-order chi connectivity index (χ0) is 15.1.